The third-order valence-electron chi connectivity index (χ3n) is 6.10. The molecule has 0 radical (unpaired) electrons. The van der Waals surface area contributed by atoms with Crippen LogP contribution in [0, 0.1) is 0 Å². The van der Waals surface area contributed by atoms with Crippen LogP contribution in [0.2, 0.25) is 5.02 Å². The largest absolute Gasteiger partial charge is 0.332 e. The Bertz CT molecular complexity index is 1770. The maximum absolute atomic E-state index is 13.4. The molecule has 1 aromatic carbocycles. The highest BCUT2D eigenvalue weighted by Gasteiger charge is 2.35. The van der Waals surface area contributed by atoms with Crippen molar-refractivity contribution in [3.8, 4) is 11.3 Å². The number of fused-ring (bicyclic) bond motifs is 3. The molecule has 36 heavy (non-hydrogen) atoms. The summed E-state index contributed by atoms with van der Waals surface area (Å²) in [5.74, 6) is 0.309. The molecule has 0 spiro atoms. The van der Waals surface area contributed by atoms with Crippen LogP contribution in [-0.2, 0) is 24.9 Å². The number of hydrogen-bond donors (Lipinski definition) is 0. The molecule has 0 N–H and O–H groups in total. The zero-order chi connectivity index (χ0) is 25.0. The van der Waals surface area contributed by atoms with E-state index in [9.17, 15) is 14.4 Å². The second-order valence-corrected chi connectivity index (χ2v) is 8.78. The first-order valence-electron chi connectivity index (χ1n) is 11.1. The quantitative estimate of drug-likeness (QED) is 0.376. The fourth-order valence-corrected chi connectivity index (χ4v) is 4.48. The molecule has 0 saturated heterocycles. The molecule has 0 bridgehead atoms. The molecule has 4 aromatic heterocycles. The number of pyridine rings is 2. The molecule has 0 fully saturated rings. The molecule has 1 aliphatic rings. The number of carbonyl (C=O) groups is 1. The molecular weight excluding hydrogens is 482 g/mol. The molecule has 1 aliphatic heterocycles. The zero-order valence-corrected chi connectivity index (χ0v) is 19.8. The van der Waals surface area contributed by atoms with Crippen molar-refractivity contribution in [3.05, 3.63) is 98.4 Å². The highest BCUT2D eigenvalue weighted by molar-refractivity contribution is 6.30. The van der Waals surface area contributed by atoms with E-state index < -0.39 is 11.2 Å². The predicted molar refractivity (Wildman–Crippen MR) is 134 cm³/mol. The molecule has 6 rings (SSSR count). The van der Waals surface area contributed by atoms with Gasteiger partial charge in [0.15, 0.2) is 11.2 Å². The van der Waals surface area contributed by atoms with Gasteiger partial charge in [-0.05, 0) is 36.4 Å². The van der Waals surface area contributed by atoms with Crippen molar-refractivity contribution in [2.75, 3.05) is 4.90 Å². The van der Waals surface area contributed by atoms with Gasteiger partial charge in [-0.1, -0.05) is 35.9 Å². The highest BCUT2D eigenvalue weighted by Crippen LogP contribution is 2.32. The Balaban J connectivity index is 1.48. The molecular formula is C25H18ClN7O3. The number of aryl methyl sites for hydroxylation is 1. The number of rotatable bonds is 4. The molecule has 0 atom stereocenters. The van der Waals surface area contributed by atoms with Gasteiger partial charge in [-0.25, -0.2) is 14.7 Å². The molecule has 0 unspecified atom stereocenters. The minimum absolute atomic E-state index is 0.00511. The van der Waals surface area contributed by atoms with Gasteiger partial charge in [0.1, 0.15) is 12.4 Å². The SMILES string of the molecule is Cn1c(=O)n(Cc2ccccn2)c(=O)c2c1nc1n2CC(=O)N1c1cccc(-c2ccc(Cl)cc2)n1. The van der Waals surface area contributed by atoms with Crippen LogP contribution in [0.15, 0.2) is 76.4 Å². The van der Waals surface area contributed by atoms with Crippen molar-refractivity contribution >= 4 is 40.4 Å². The molecule has 1 amide bonds. The smallest absolute Gasteiger partial charge is 0.294 e. The summed E-state index contributed by atoms with van der Waals surface area (Å²) in [5, 5.41) is 0.609. The third kappa shape index (κ3) is 3.42. The third-order valence-corrected chi connectivity index (χ3v) is 6.36. The fraction of sp³-hybridized carbons (Fsp3) is 0.120. The van der Waals surface area contributed by atoms with Gasteiger partial charge in [-0.2, -0.15) is 4.98 Å². The Labute approximate surface area is 208 Å². The molecule has 178 valence electrons. The Morgan fingerprint density at radius 1 is 0.944 bits per heavy atom. The number of nitrogens with zero attached hydrogens (tertiary/aromatic N) is 7. The average Bonchev–Trinajstić information content (AvgIpc) is 3.41. The molecule has 10 nitrogen and oxygen atoms in total. The van der Waals surface area contributed by atoms with E-state index in [2.05, 4.69) is 15.0 Å². The number of imidazole rings is 1. The summed E-state index contributed by atoms with van der Waals surface area (Å²) < 4.78 is 3.95. The van der Waals surface area contributed by atoms with Gasteiger partial charge in [0.05, 0.1) is 17.9 Å². The normalized spacial score (nSPS) is 12.9. The number of amides is 1. The maximum Gasteiger partial charge on any atom is 0.332 e. The number of anilines is 2. The highest BCUT2D eigenvalue weighted by atomic mass is 35.5. The lowest BCUT2D eigenvalue weighted by Gasteiger charge is -2.14. The summed E-state index contributed by atoms with van der Waals surface area (Å²) in [7, 11) is 1.55. The van der Waals surface area contributed by atoms with Gasteiger partial charge in [-0.3, -0.25) is 28.3 Å². The summed E-state index contributed by atoms with van der Waals surface area (Å²) in [6.07, 6.45) is 1.60. The van der Waals surface area contributed by atoms with Gasteiger partial charge in [0.2, 0.25) is 5.95 Å². The summed E-state index contributed by atoms with van der Waals surface area (Å²) >= 11 is 6.00. The summed E-state index contributed by atoms with van der Waals surface area (Å²) in [6.45, 7) is -0.0964. The van der Waals surface area contributed by atoms with Crippen molar-refractivity contribution in [2.24, 2.45) is 7.05 Å². The number of aromatic nitrogens is 6. The van der Waals surface area contributed by atoms with Crippen LogP contribution >= 0.6 is 11.6 Å². The van der Waals surface area contributed by atoms with E-state index in [0.717, 1.165) is 10.1 Å². The van der Waals surface area contributed by atoms with Crippen molar-refractivity contribution < 1.29 is 4.79 Å². The zero-order valence-electron chi connectivity index (χ0n) is 19.0. The number of carbonyl (C=O) groups excluding carboxylic acids is 1. The van der Waals surface area contributed by atoms with Crippen LogP contribution in [0.5, 0.6) is 0 Å². The van der Waals surface area contributed by atoms with Crippen molar-refractivity contribution in [1.29, 1.82) is 0 Å². The van der Waals surface area contributed by atoms with Crippen molar-refractivity contribution in [2.45, 2.75) is 13.1 Å². The minimum atomic E-state index is -0.532. The lowest BCUT2D eigenvalue weighted by molar-refractivity contribution is -0.117. The summed E-state index contributed by atoms with van der Waals surface area (Å²) in [6, 6.07) is 17.8. The van der Waals surface area contributed by atoms with E-state index in [0.29, 0.717) is 22.2 Å². The van der Waals surface area contributed by atoms with E-state index in [1.807, 2.05) is 18.2 Å². The lowest BCUT2D eigenvalue weighted by atomic mass is 10.1. The molecule has 0 aliphatic carbocycles. The molecule has 5 heterocycles. The Kier molecular flexibility index (Phi) is 5.04. The van der Waals surface area contributed by atoms with E-state index >= 15 is 0 Å². The molecule has 5 aromatic rings. The van der Waals surface area contributed by atoms with Gasteiger partial charge in [0.25, 0.3) is 11.5 Å². The van der Waals surface area contributed by atoms with Gasteiger partial charge in [-0.15, -0.1) is 0 Å². The van der Waals surface area contributed by atoms with Gasteiger partial charge in [0, 0.05) is 23.8 Å². The second-order valence-electron chi connectivity index (χ2n) is 8.34. The number of benzene rings is 1. The average molecular weight is 500 g/mol. The monoisotopic (exact) mass is 499 g/mol. The van der Waals surface area contributed by atoms with Crippen LogP contribution in [0.4, 0.5) is 11.8 Å². The first-order valence-corrected chi connectivity index (χ1v) is 11.5. The van der Waals surface area contributed by atoms with Crippen LogP contribution in [0.1, 0.15) is 5.69 Å². The first kappa shape index (κ1) is 21.9. The van der Waals surface area contributed by atoms with Crippen LogP contribution in [-0.4, -0.2) is 34.6 Å². The Morgan fingerprint density at radius 2 is 1.75 bits per heavy atom. The fourth-order valence-electron chi connectivity index (χ4n) is 4.35. The van der Waals surface area contributed by atoms with Crippen LogP contribution in [0.3, 0.4) is 0 Å². The first-order chi connectivity index (χ1) is 17.4. The van der Waals surface area contributed by atoms with Crippen molar-refractivity contribution in [3.63, 3.8) is 0 Å². The van der Waals surface area contributed by atoms with Gasteiger partial charge < -0.3 is 0 Å². The summed E-state index contributed by atoms with van der Waals surface area (Å²) in [5.41, 5.74) is 1.37. The predicted octanol–water partition coefficient (Wildman–Crippen LogP) is 2.73. The van der Waals surface area contributed by atoms with E-state index in [-0.39, 0.29) is 36.1 Å². The van der Waals surface area contributed by atoms with Crippen LogP contribution in [0.25, 0.3) is 22.4 Å². The van der Waals surface area contributed by atoms with E-state index in [1.165, 1.54) is 14.0 Å². The van der Waals surface area contributed by atoms with Crippen molar-refractivity contribution in [1.82, 2.24) is 28.7 Å². The van der Waals surface area contributed by atoms with E-state index in [1.54, 1.807) is 55.7 Å². The number of halogens is 1. The standard InChI is InChI=1S/C25H18ClN7O3/c1-30-22-21(23(35)32(25(30)36)13-17-5-2-3-12-27-17)31-14-20(34)33(24(31)29-22)19-7-4-6-18(28-19)15-8-10-16(26)11-9-15/h2-12H,13-14H2,1H3. The lowest BCUT2D eigenvalue weighted by Crippen LogP contribution is -2.40. The number of hydrogen-bond acceptors (Lipinski definition) is 6. The molecule has 11 heteroatoms. The summed E-state index contributed by atoms with van der Waals surface area (Å²) in [4.78, 5) is 54.3. The Hall–Kier alpha value is -4.57. The minimum Gasteiger partial charge on any atom is -0.294 e. The van der Waals surface area contributed by atoms with Crippen LogP contribution < -0.4 is 16.1 Å². The maximum atomic E-state index is 13.4. The second kappa shape index (κ2) is 8.28. The van der Waals surface area contributed by atoms with E-state index in [4.69, 9.17) is 11.6 Å². The van der Waals surface area contributed by atoms with Gasteiger partial charge >= 0.3 is 5.69 Å². The topological polar surface area (TPSA) is 108 Å². The molecule has 0 saturated carbocycles. The Morgan fingerprint density at radius 3 is 2.50 bits per heavy atom.